The monoisotopic (exact) mass is 270 g/mol. The smallest absolute Gasteiger partial charge is 0.148 e. The zero-order valence-electron chi connectivity index (χ0n) is 10.3. The van der Waals surface area contributed by atoms with Gasteiger partial charge >= 0.3 is 0 Å². The summed E-state index contributed by atoms with van der Waals surface area (Å²) in [5.74, 6) is 0.748. The molecule has 19 heavy (non-hydrogen) atoms. The third kappa shape index (κ3) is 1.88. The predicted octanol–water partition coefficient (Wildman–Crippen LogP) is 3.11. The molecule has 0 radical (unpaired) electrons. The summed E-state index contributed by atoms with van der Waals surface area (Å²) in [4.78, 5) is 0. The van der Waals surface area contributed by atoms with Crippen LogP contribution < -0.4 is 5.32 Å². The minimum absolute atomic E-state index is 0.555. The molecule has 2 heterocycles. The fraction of sp³-hybridized carbons (Fsp3) is 0.143. The van der Waals surface area contributed by atoms with Crippen molar-refractivity contribution in [3.8, 4) is 6.07 Å². The molecule has 94 valence electrons. The molecule has 4 nitrogen and oxygen atoms in total. The molecule has 3 rings (SSSR count). The maximum Gasteiger partial charge on any atom is 0.148 e. The molecule has 1 aromatic carbocycles. The van der Waals surface area contributed by atoms with E-state index in [-0.39, 0.29) is 0 Å². The van der Waals surface area contributed by atoms with E-state index in [0.717, 1.165) is 17.1 Å². The fourth-order valence-corrected chi connectivity index (χ4v) is 2.35. The topological polar surface area (TPSA) is 53.6 Å². The molecule has 0 bridgehead atoms. The molecule has 1 aliphatic heterocycles. The number of halogens is 1. The molecular formula is C14H11ClN4. The minimum atomic E-state index is 0.555. The second kappa shape index (κ2) is 4.45. The third-order valence-corrected chi connectivity index (χ3v) is 3.40. The summed E-state index contributed by atoms with van der Waals surface area (Å²) in [5.41, 5.74) is 3.77. The molecule has 2 aromatic rings. The largest absolute Gasteiger partial charge is 0.365 e. The highest BCUT2D eigenvalue weighted by Gasteiger charge is 2.21. The third-order valence-electron chi connectivity index (χ3n) is 3.14. The van der Waals surface area contributed by atoms with Crippen LogP contribution in [0.5, 0.6) is 0 Å². The molecule has 0 fully saturated rings. The van der Waals surface area contributed by atoms with Gasteiger partial charge in [-0.3, -0.25) is 0 Å². The second-order valence-electron chi connectivity index (χ2n) is 4.42. The molecule has 0 amide bonds. The van der Waals surface area contributed by atoms with E-state index < -0.39 is 0 Å². The molecular weight excluding hydrogens is 260 g/mol. The van der Waals surface area contributed by atoms with Gasteiger partial charge in [-0.15, -0.1) is 0 Å². The maximum absolute atomic E-state index is 9.06. The van der Waals surface area contributed by atoms with E-state index in [4.69, 9.17) is 16.9 Å². The van der Waals surface area contributed by atoms with Crippen LogP contribution in [0.3, 0.4) is 0 Å². The first-order valence-corrected chi connectivity index (χ1v) is 6.26. The highest BCUT2D eigenvalue weighted by atomic mass is 35.5. The van der Waals surface area contributed by atoms with Crippen LogP contribution in [0.2, 0.25) is 5.02 Å². The number of benzene rings is 1. The Morgan fingerprint density at radius 1 is 1.37 bits per heavy atom. The Balaban J connectivity index is 2.18. The first kappa shape index (κ1) is 11.8. The number of nitrogens with zero attached hydrogens (tertiary/aromatic N) is 3. The molecule has 0 unspecified atom stereocenters. The van der Waals surface area contributed by atoms with Gasteiger partial charge < -0.3 is 5.32 Å². The van der Waals surface area contributed by atoms with Crippen molar-refractivity contribution in [2.45, 2.75) is 6.92 Å². The van der Waals surface area contributed by atoms with Crippen LogP contribution in [0.1, 0.15) is 18.1 Å². The average molecular weight is 271 g/mol. The van der Waals surface area contributed by atoms with E-state index in [9.17, 15) is 0 Å². The molecule has 0 aliphatic carbocycles. The van der Waals surface area contributed by atoms with E-state index in [2.05, 4.69) is 16.5 Å². The van der Waals surface area contributed by atoms with E-state index in [0.29, 0.717) is 17.1 Å². The molecule has 0 spiro atoms. The number of hydrogen-bond acceptors (Lipinski definition) is 3. The molecule has 0 saturated heterocycles. The zero-order valence-corrected chi connectivity index (χ0v) is 11.1. The van der Waals surface area contributed by atoms with E-state index in [1.165, 1.54) is 5.57 Å². The zero-order chi connectivity index (χ0) is 13.4. The standard InChI is InChI=1S/C14H11ClN4/c1-9-7-17-14-11(6-16)8-18-19(14)13(9)10-2-4-12(15)5-3-10/h2-5,8,17H,7H2,1H3. The van der Waals surface area contributed by atoms with Crippen LogP contribution >= 0.6 is 11.6 Å². The summed E-state index contributed by atoms with van der Waals surface area (Å²) in [6, 6.07) is 9.78. The number of fused-ring (bicyclic) bond motifs is 1. The van der Waals surface area contributed by atoms with Crippen molar-refractivity contribution >= 4 is 23.1 Å². The number of aromatic nitrogens is 2. The van der Waals surface area contributed by atoms with Crippen LogP contribution in [0.25, 0.3) is 5.70 Å². The highest BCUT2D eigenvalue weighted by Crippen LogP contribution is 2.30. The maximum atomic E-state index is 9.06. The number of nitriles is 1. The number of rotatable bonds is 1. The second-order valence-corrected chi connectivity index (χ2v) is 4.86. The molecule has 0 saturated carbocycles. The lowest BCUT2D eigenvalue weighted by molar-refractivity contribution is 0.868. The van der Waals surface area contributed by atoms with E-state index in [1.54, 1.807) is 10.9 Å². The number of anilines is 1. The SMILES string of the molecule is CC1=C(c2ccc(Cl)cc2)n2ncc(C#N)c2NC1. The van der Waals surface area contributed by atoms with E-state index in [1.807, 2.05) is 31.2 Å². The Bertz CT molecular complexity index is 704. The lowest BCUT2D eigenvalue weighted by atomic mass is 10.1. The van der Waals surface area contributed by atoms with E-state index >= 15 is 0 Å². The number of hydrogen-bond donors (Lipinski definition) is 1. The van der Waals surface area contributed by atoms with Crippen LogP contribution in [0.15, 0.2) is 36.0 Å². The van der Waals surface area contributed by atoms with Crippen molar-refractivity contribution in [3.05, 3.63) is 52.2 Å². The molecule has 1 aromatic heterocycles. The highest BCUT2D eigenvalue weighted by molar-refractivity contribution is 6.30. The lowest BCUT2D eigenvalue weighted by Crippen LogP contribution is -2.19. The van der Waals surface area contributed by atoms with Crippen molar-refractivity contribution in [1.82, 2.24) is 9.78 Å². The van der Waals surface area contributed by atoms with Crippen molar-refractivity contribution in [3.63, 3.8) is 0 Å². The van der Waals surface area contributed by atoms with Crippen molar-refractivity contribution < 1.29 is 0 Å². The average Bonchev–Trinajstić information content (AvgIpc) is 2.83. The Kier molecular flexibility index (Phi) is 2.77. The van der Waals surface area contributed by atoms with Gasteiger partial charge in [-0.05, 0) is 24.6 Å². The normalized spacial score (nSPS) is 13.7. The van der Waals surface area contributed by atoms with Crippen molar-refractivity contribution in [1.29, 1.82) is 5.26 Å². The molecule has 5 heteroatoms. The van der Waals surface area contributed by atoms with Gasteiger partial charge in [0.2, 0.25) is 0 Å². The Morgan fingerprint density at radius 3 is 2.79 bits per heavy atom. The van der Waals surface area contributed by atoms with Gasteiger partial charge in [0, 0.05) is 17.1 Å². The first-order valence-electron chi connectivity index (χ1n) is 5.89. The summed E-state index contributed by atoms with van der Waals surface area (Å²) < 4.78 is 1.78. The predicted molar refractivity (Wildman–Crippen MR) is 74.9 cm³/mol. The number of nitrogens with one attached hydrogen (secondary N) is 1. The molecule has 1 N–H and O–H groups in total. The van der Waals surface area contributed by atoms with Crippen LogP contribution in [0.4, 0.5) is 5.82 Å². The van der Waals surface area contributed by atoms with Gasteiger partial charge in [0.15, 0.2) is 0 Å². The summed E-state index contributed by atoms with van der Waals surface area (Å²) in [6.45, 7) is 2.76. The lowest BCUT2D eigenvalue weighted by Gasteiger charge is -2.22. The van der Waals surface area contributed by atoms with Gasteiger partial charge in [0.1, 0.15) is 17.5 Å². The summed E-state index contributed by atoms with van der Waals surface area (Å²) in [6.07, 6.45) is 1.58. The summed E-state index contributed by atoms with van der Waals surface area (Å²) in [5, 5.41) is 17.3. The van der Waals surface area contributed by atoms with Crippen molar-refractivity contribution in [2.75, 3.05) is 11.9 Å². The summed E-state index contributed by atoms with van der Waals surface area (Å²) in [7, 11) is 0. The first-order chi connectivity index (χ1) is 9.20. The van der Waals surface area contributed by atoms with Crippen LogP contribution in [-0.4, -0.2) is 16.3 Å². The Morgan fingerprint density at radius 2 is 2.11 bits per heavy atom. The van der Waals surface area contributed by atoms with Gasteiger partial charge in [-0.1, -0.05) is 23.7 Å². The van der Waals surface area contributed by atoms with Gasteiger partial charge in [-0.2, -0.15) is 10.4 Å². The van der Waals surface area contributed by atoms with Gasteiger partial charge in [0.25, 0.3) is 0 Å². The quantitative estimate of drug-likeness (QED) is 0.866. The van der Waals surface area contributed by atoms with Crippen molar-refractivity contribution in [2.24, 2.45) is 0 Å². The molecule has 0 atom stereocenters. The van der Waals surface area contributed by atoms with Gasteiger partial charge in [-0.25, -0.2) is 4.68 Å². The van der Waals surface area contributed by atoms with Crippen LogP contribution in [-0.2, 0) is 0 Å². The summed E-state index contributed by atoms with van der Waals surface area (Å²) >= 11 is 5.92. The van der Waals surface area contributed by atoms with Gasteiger partial charge in [0.05, 0.1) is 11.9 Å². The Hall–Kier alpha value is -2.25. The van der Waals surface area contributed by atoms with Crippen LogP contribution in [0, 0.1) is 11.3 Å². The fourth-order valence-electron chi connectivity index (χ4n) is 2.23. The Labute approximate surface area is 115 Å². The minimum Gasteiger partial charge on any atom is -0.365 e. The molecule has 1 aliphatic rings.